The van der Waals surface area contributed by atoms with Crippen molar-refractivity contribution in [2.75, 3.05) is 7.11 Å². The minimum absolute atomic E-state index is 0.673. The summed E-state index contributed by atoms with van der Waals surface area (Å²) < 4.78 is 5.62. The Morgan fingerprint density at radius 3 is 2.05 bits per heavy atom. The number of nitrogens with zero attached hydrogens (tertiary/aromatic N) is 1. The summed E-state index contributed by atoms with van der Waals surface area (Å²) in [5, 5.41) is 7.00. The highest BCUT2D eigenvalue weighted by Gasteiger charge is 2.10. The molecule has 3 heteroatoms. The van der Waals surface area contributed by atoms with E-state index in [-0.39, 0.29) is 0 Å². The first-order valence-electron chi connectivity index (χ1n) is 6.36. The van der Waals surface area contributed by atoms with Crippen LogP contribution in [0.15, 0.2) is 65.2 Å². The molecule has 1 heterocycles. The van der Waals surface area contributed by atoms with Crippen molar-refractivity contribution >= 4 is 0 Å². The highest BCUT2D eigenvalue weighted by atomic mass is 16.4. The second kappa shape index (κ2) is 6.68. The van der Waals surface area contributed by atoms with Crippen LogP contribution >= 0.6 is 0 Å². The van der Waals surface area contributed by atoms with Crippen molar-refractivity contribution in [2.24, 2.45) is 0 Å². The molecule has 0 saturated heterocycles. The zero-order valence-corrected chi connectivity index (χ0v) is 11.6. The lowest BCUT2D eigenvalue weighted by Gasteiger charge is -2.06. The van der Waals surface area contributed by atoms with Crippen LogP contribution in [-0.4, -0.2) is 17.2 Å². The smallest absolute Gasteiger partial charge is 0.226 e. The quantitative estimate of drug-likeness (QED) is 0.765. The minimum atomic E-state index is 0.673. The third-order valence-corrected chi connectivity index (χ3v) is 2.86. The molecule has 0 atom stereocenters. The van der Waals surface area contributed by atoms with Crippen molar-refractivity contribution in [1.82, 2.24) is 4.98 Å². The zero-order valence-electron chi connectivity index (χ0n) is 11.6. The van der Waals surface area contributed by atoms with Crippen LogP contribution in [0.4, 0.5) is 0 Å². The molecule has 3 nitrogen and oxygen atoms in total. The van der Waals surface area contributed by atoms with Crippen LogP contribution in [0.2, 0.25) is 0 Å². The molecule has 0 fully saturated rings. The third-order valence-electron chi connectivity index (χ3n) is 2.86. The second-order valence-corrected chi connectivity index (χ2v) is 4.19. The van der Waals surface area contributed by atoms with Gasteiger partial charge in [0.15, 0.2) is 0 Å². The van der Waals surface area contributed by atoms with E-state index in [1.54, 1.807) is 6.20 Å². The van der Waals surface area contributed by atoms with Crippen LogP contribution in [-0.2, 0) is 0 Å². The van der Waals surface area contributed by atoms with E-state index in [9.17, 15) is 0 Å². The van der Waals surface area contributed by atoms with Gasteiger partial charge in [-0.15, -0.1) is 0 Å². The van der Waals surface area contributed by atoms with E-state index in [0.29, 0.717) is 5.89 Å². The lowest BCUT2D eigenvalue weighted by Crippen LogP contribution is -1.84. The maximum absolute atomic E-state index is 7.00. The first kappa shape index (κ1) is 14.0. The Balaban J connectivity index is 0.000000704. The first-order chi connectivity index (χ1) is 9.84. The summed E-state index contributed by atoms with van der Waals surface area (Å²) >= 11 is 0. The maximum atomic E-state index is 7.00. The average Bonchev–Trinajstić information content (AvgIpc) is 2.97. The second-order valence-electron chi connectivity index (χ2n) is 4.19. The molecule has 1 N–H and O–H groups in total. The molecule has 102 valence electrons. The van der Waals surface area contributed by atoms with Gasteiger partial charge in [0.1, 0.15) is 5.76 Å². The molecule has 2 aromatic carbocycles. The van der Waals surface area contributed by atoms with E-state index >= 15 is 0 Å². The number of hydrogen-bond acceptors (Lipinski definition) is 3. The van der Waals surface area contributed by atoms with E-state index < -0.39 is 0 Å². The van der Waals surface area contributed by atoms with Gasteiger partial charge in [-0.05, 0) is 24.1 Å². The molecular formula is C17H17NO2. The summed E-state index contributed by atoms with van der Waals surface area (Å²) in [6, 6.07) is 18.4. The lowest BCUT2D eigenvalue weighted by atomic mass is 10.00. The normalized spacial score (nSPS) is 9.75. The number of oxazole rings is 1. The Labute approximate surface area is 118 Å². The molecule has 0 aliphatic heterocycles. The monoisotopic (exact) mass is 267 g/mol. The molecule has 3 rings (SSSR count). The SMILES string of the molecule is CO.Cc1cnc(-c2ccccc2-c2ccccc2)o1. The topological polar surface area (TPSA) is 46.3 Å². The first-order valence-corrected chi connectivity index (χ1v) is 6.36. The molecule has 20 heavy (non-hydrogen) atoms. The van der Waals surface area contributed by atoms with Crippen LogP contribution in [0.3, 0.4) is 0 Å². The third kappa shape index (κ3) is 2.95. The van der Waals surface area contributed by atoms with Gasteiger partial charge in [-0.25, -0.2) is 4.98 Å². The molecule has 0 radical (unpaired) electrons. The average molecular weight is 267 g/mol. The van der Waals surface area contributed by atoms with E-state index in [0.717, 1.165) is 24.0 Å². The van der Waals surface area contributed by atoms with E-state index in [4.69, 9.17) is 9.52 Å². The molecular weight excluding hydrogens is 250 g/mol. The maximum Gasteiger partial charge on any atom is 0.226 e. The Bertz CT molecular complexity index is 660. The Kier molecular flexibility index (Phi) is 4.69. The highest BCUT2D eigenvalue weighted by Crippen LogP contribution is 2.31. The van der Waals surface area contributed by atoms with Crippen molar-refractivity contribution in [3.05, 3.63) is 66.6 Å². The molecule has 3 aromatic rings. The predicted octanol–water partition coefficient (Wildman–Crippen LogP) is 3.93. The Morgan fingerprint density at radius 1 is 0.850 bits per heavy atom. The van der Waals surface area contributed by atoms with Crippen molar-refractivity contribution in [1.29, 1.82) is 0 Å². The molecule has 0 aliphatic carbocycles. The van der Waals surface area contributed by atoms with E-state index in [2.05, 4.69) is 23.2 Å². The van der Waals surface area contributed by atoms with Gasteiger partial charge in [-0.2, -0.15) is 0 Å². The number of benzene rings is 2. The number of aliphatic hydroxyl groups is 1. The summed E-state index contributed by atoms with van der Waals surface area (Å²) in [5.74, 6) is 1.50. The van der Waals surface area contributed by atoms with E-state index in [1.165, 1.54) is 5.56 Å². The van der Waals surface area contributed by atoms with Crippen LogP contribution in [0.1, 0.15) is 5.76 Å². The van der Waals surface area contributed by atoms with Crippen molar-refractivity contribution in [2.45, 2.75) is 6.92 Å². The fourth-order valence-corrected chi connectivity index (χ4v) is 2.02. The Morgan fingerprint density at radius 2 is 1.45 bits per heavy atom. The Hall–Kier alpha value is -2.39. The number of aryl methyl sites for hydroxylation is 1. The molecule has 0 unspecified atom stereocenters. The largest absolute Gasteiger partial charge is 0.441 e. The fraction of sp³-hybridized carbons (Fsp3) is 0.118. The fourth-order valence-electron chi connectivity index (χ4n) is 2.02. The van der Waals surface area contributed by atoms with Gasteiger partial charge in [0.05, 0.1) is 6.20 Å². The van der Waals surface area contributed by atoms with E-state index in [1.807, 2.05) is 43.3 Å². The lowest BCUT2D eigenvalue weighted by molar-refractivity contribution is 0.399. The van der Waals surface area contributed by atoms with Crippen LogP contribution in [0.25, 0.3) is 22.6 Å². The van der Waals surface area contributed by atoms with Gasteiger partial charge in [0, 0.05) is 12.7 Å². The number of aliphatic hydroxyl groups excluding tert-OH is 1. The number of aromatic nitrogens is 1. The summed E-state index contributed by atoms with van der Waals surface area (Å²) in [6.07, 6.45) is 1.75. The number of hydrogen-bond donors (Lipinski definition) is 1. The summed E-state index contributed by atoms with van der Waals surface area (Å²) in [5.41, 5.74) is 3.33. The minimum Gasteiger partial charge on any atom is -0.441 e. The van der Waals surface area contributed by atoms with Gasteiger partial charge in [0.2, 0.25) is 5.89 Å². The summed E-state index contributed by atoms with van der Waals surface area (Å²) in [7, 11) is 1.00. The molecule has 0 aliphatic rings. The molecule has 0 amide bonds. The molecule has 0 saturated carbocycles. The predicted molar refractivity (Wildman–Crippen MR) is 80.3 cm³/mol. The van der Waals surface area contributed by atoms with Gasteiger partial charge < -0.3 is 9.52 Å². The zero-order chi connectivity index (χ0) is 14.4. The van der Waals surface area contributed by atoms with Crippen molar-refractivity contribution < 1.29 is 9.52 Å². The van der Waals surface area contributed by atoms with Gasteiger partial charge in [0.25, 0.3) is 0 Å². The van der Waals surface area contributed by atoms with Crippen LogP contribution < -0.4 is 0 Å². The number of rotatable bonds is 2. The van der Waals surface area contributed by atoms with Gasteiger partial charge in [-0.1, -0.05) is 48.5 Å². The molecule has 1 aromatic heterocycles. The summed E-state index contributed by atoms with van der Waals surface area (Å²) in [4.78, 5) is 4.31. The van der Waals surface area contributed by atoms with Crippen LogP contribution in [0, 0.1) is 6.92 Å². The van der Waals surface area contributed by atoms with Gasteiger partial charge in [-0.3, -0.25) is 0 Å². The van der Waals surface area contributed by atoms with Gasteiger partial charge >= 0.3 is 0 Å². The highest BCUT2D eigenvalue weighted by molar-refractivity contribution is 5.79. The molecule has 0 spiro atoms. The van der Waals surface area contributed by atoms with Crippen molar-refractivity contribution in [3.8, 4) is 22.6 Å². The van der Waals surface area contributed by atoms with Crippen LogP contribution in [0.5, 0.6) is 0 Å². The summed E-state index contributed by atoms with van der Waals surface area (Å²) in [6.45, 7) is 1.90. The van der Waals surface area contributed by atoms with Crippen molar-refractivity contribution in [3.63, 3.8) is 0 Å². The molecule has 0 bridgehead atoms. The standard InChI is InChI=1S/C16H13NO.CH4O/c1-12-11-17-16(18-12)15-10-6-5-9-14(15)13-7-3-2-4-8-13;1-2/h2-11H,1H3;2H,1H3.